The Bertz CT molecular complexity index is 766. The summed E-state index contributed by atoms with van der Waals surface area (Å²) in [5.41, 5.74) is 6.90. The smallest absolute Gasteiger partial charge is 0.116 e. The third-order valence-corrected chi connectivity index (χ3v) is 5.12. The Kier molecular flexibility index (Phi) is 7.31. The molecule has 2 nitrogen and oxygen atoms in total. The van der Waals surface area contributed by atoms with Crippen LogP contribution in [0.5, 0.6) is 5.75 Å². The van der Waals surface area contributed by atoms with Gasteiger partial charge in [0.2, 0.25) is 0 Å². The van der Waals surface area contributed by atoms with E-state index in [2.05, 4.69) is 56.3 Å². The first-order valence-electron chi connectivity index (χ1n) is 9.24. The van der Waals surface area contributed by atoms with Crippen molar-refractivity contribution in [1.29, 1.82) is 0 Å². The maximum atomic E-state index is 9.97. The second-order valence-corrected chi connectivity index (χ2v) is 7.58. The molecule has 0 fully saturated rings. The first-order chi connectivity index (χ1) is 12.0. The van der Waals surface area contributed by atoms with Crippen LogP contribution in [-0.2, 0) is 0 Å². The number of rotatable bonds is 4. The SMILES string of the molecule is Cc1cccc(C2CCCC(CN(C)C)=C(c3cccc(O)c3)C2)c1.Cl. The van der Waals surface area contributed by atoms with E-state index in [1.54, 1.807) is 6.07 Å². The zero-order valence-electron chi connectivity index (χ0n) is 16.0. The van der Waals surface area contributed by atoms with Crippen molar-refractivity contribution in [1.82, 2.24) is 4.90 Å². The Balaban J connectivity index is 0.00000243. The average molecular weight is 372 g/mol. The molecule has 0 heterocycles. The second kappa shape index (κ2) is 9.25. The minimum Gasteiger partial charge on any atom is -0.508 e. The number of hydrogen-bond donors (Lipinski definition) is 1. The van der Waals surface area contributed by atoms with Crippen molar-refractivity contribution >= 4 is 18.0 Å². The monoisotopic (exact) mass is 371 g/mol. The molecule has 1 N–H and O–H groups in total. The Morgan fingerprint density at radius 3 is 2.54 bits per heavy atom. The van der Waals surface area contributed by atoms with Gasteiger partial charge in [-0.1, -0.05) is 47.5 Å². The van der Waals surface area contributed by atoms with Crippen molar-refractivity contribution in [2.45, 2.75) is 38.5 Å². The third kappa shape index (κ3) is 5.12. The summed E-state index contributed by atoms with van der Waals surface area (Å²) in [7, 11) is 4.27. The summed E-state index contributed by atoms with van der Waals surface area (Å²) >= 11 is 0. The number of phenols is 1. The molecule has 3 heteroatoms. The Hall–Kier alpha value is -1.77. The van der Waals surface area contributed by atoms with Crippen molar-refractivity contribution < 1.29 is 5.11 Å². The molecule has 0 saturated carbocycles. The quantitative estimate of drug-likeness (QED) is 0.734. The Labute approximate surface area is 164 Å². The maximum absolute atomic E-state index is 9.97. The zero-order chi connectivity index (χ0) is 17.8. The lowest BCUT2D eigenvalue weighted by Crippen LogP contribution is -2.16. The molecule has 0 bridgehead atoms. The predicted octanol–water partition coefficient (Wildman–Crippen LogP) is 5.80. The number of aromatic hydroxyl groups is 1. The lowest BCUT2D eigenvalue weighted by molar-refractivity contribution is 0.438. The van der Waals surface area contributed by atoms with Crippen LogP contribution in [0.3, 0.4) is 0 Å². The molecular weight excluding hydrogens is 342 g/mol. The van der Waals surface area contributed by atoms with E-state index in [1.807, 2.05) is 12.1 Å². The van der Waals surface area contributed by atoms with Gasteiger partial charge in [-0.15, -0.1) is 12.4 Å². The van der Waals surface area contributed by atoms with Gasteiger partial charge in [0.15, 0.2) is 0 Å². The molecule has 3 rings (SSSR count). The number of hydrogen-bond acceptors (Lipinski definition) is 2. The molecule has 1 aliphatic carbocycles. The molecule has 0 amide bonds. The standard InChI is InChI=1S/C23H29NO.ClH/c1-17-7-4-8-18(13-17)19-9-5-11-21(16-24(2)3)23(15-19)20-10-6-12-22(25)14-20;/h4,6-8,10,12-14,19,25H,5,9,11,15-16H2,1-3H3;1H. The first-order valence-corrected chi connectivity index (χ1v) is 9.24. The fraction of sp³-hybridized carbons (Fsp3) is 0.391. The molecule has 26 heavy (non-hydrogen) atoms. The number of phenolic OH excluding ortho intramolecular Hbond substituents is 1. The number of halogens is 1. The maximum Gasteiger partial charge on any atom is 0.116 e. The van der Waals surface area contributed by atoms with Crippen LogP contribution in [0, 0.1) is 6.92 Å². The van der Waals surface area contributed by atoms with Crippen LogP contribution in [0.15, 0.2) is 54.1 Å². The van der Waals surface area contributed by atoms with E-state index < -0.39 is 0 Å². The first kappa shape index (κ1) is 20.5. The summed E-state index contributed by atoms with van der Waals surface area (Å²) in [4.78, 5) is 2.26. The highest BCUT2D eigenvalue weighted by molar-refractivity contribution is 5.85. The number of benzene rings is 2. The molecule has 0 aromatic heterocycles. The van der Waals surface area contributed by atoms with Gasteiger partial charge in [-0.05, 0) is 81.5 Å². The minimum atomic E-state index is 0. The van der Waals surface area contributed by atoms with Gasteiger partial charge in [0.1, 0.15) is 5.75 Å². The lowest BCUT2D eigenvalue weighted by Gasteiger charge is -2.20. The highest BCUT2D eigenvalue weighted by atomic mass is 35.5. The molecule has 1 unspecified atom stereocenters. The summed E-state index contributed by atoms with van der Waals surface area (Å²) < 4.78 is 0. The fourth-order valence-electron chi connectivity index (χ4n) is 3.99. The molecule has 1 atom stereocenters. The minimum absolute atomic E-state index is 0. The van der Waals surface area contributed by atoms with E-state index in [0.29, 0.717) is 11.7 Å². The van der Waals surface area contributed by atoms with Crippen LogP contribution in [-0.4, -0.2) is 30.6 Å². The Morgan fingerprint density at radius 2 is 1.85 bits per heavy atom. The van der Waals surface area contributed by atoms with Gasteiger partial charge >= 0.3 is 0 Å². The van der Waals surface area contributed by atoms with E-state index in [4.69, 9.17) is 0 Å². The van der Waals surface area contributed by atoms with E-state index in [0.717, 1.165) is 19.4 Å². The van der Waals surface area contributed by atoms with Crippen molar-refractivity contribution in [3.63, 3.8) is 0 Å². The van der Waals surface area contributed by atoms with Crippen LogP contribution in [0.2, 0.25) is 0 Å². The lowest BCUT2D eigenvalue weighted by atomic mass is 9.86. The van der Waals surface area contributed by atoms with Gasteiger partial charge in [-0.3, -0.25) is 0 Å². The summed E-state index contributed by atoms with van der Waals surface area (Å²) in [5, 5.41) is 9.97. The average Bonchev–Trinajstić information content (AvgIpc) is 2.77. The molecule has 0 radical (unpaired) electrons. The number of nitrogens with zero attached hydrogens (tertiary/aromatic N) is 1. The molecular formula is C23H30ClNO. The van der Waals surface area contributed by atoms with Gasteiger partial charge < -0.3 is 10.0 Å². The van der Waals surface area contributed by atoms with Crippen molar-refractivity contribution in [3.05, 3.63) is 70.8 Å². The van der Waals surface area contributed by atoms with Gasteiger partial charge in [-0.2, -0.15) is 0 Å². The van der Waals surface area contributed by atoms with Crippen molar-refractivity contribution in [3.8, 4) is 5.75 Å². The fourth-order valence-corrected chi connectivity index (χ4v) is 3.99. The normalized spacial score (nSPS) is 17.8. The topological polar surface area (TPSA) is 23.5 Å². The van der Waals surface area contributed by atoms with Crippen LogP contribution >= 0.6 is 12.4 Å². The van der Waals surface area contributed by atoms with E-state index in [1.165, 1.54) is 40.7 Å². The van der Waals surface area contributed by atoms with E-state index in [9.17, 15) is 5.11 Å². The zero-order valence-corrected chi connectivity index (χ0v) is 16.9. The summed E-state index contributed by atoms with van der Waals surface area (Å²) in [6.45, 7) is 3.16. The molecule has 0 aliphatic heterocycles. The van der Waals surface area contributed by atoms with E-state index >= 15 is 0 Å². The summed E-state index contributed by atoms with van der Waals surface area (Å²) in [6, 6.07) is 16.7. The molecule has 2 aromatic carbocycles. The van der Waals surface area contributed by atoms with Crippen LogP contribution in [0.25, 0.3) is 5.57 Å². The third-order valence-electron chi connectivity index (χ3n) is 5.12. The van der Waals surface area contributed by atoms with Crippen LogP contribution in [0.1, 0.15) is 48.3 Å². The number of allylic oxidation sites excluding steroid dienone is 1. The summed E-state index contributed by atoms with van der Waals surface area (Å²) in [6.07, 6.45) is 4.65. The predicted molar refractivity (Wildman–Crippen MR) is 113 cm³/mol. The largest absolute Gasteiger partial charge is 0.508 e. The second-order valence-electron chi connectivity index (χ2n) is 7.58. The van der Waals surface area contributed by atoms with Crippen molar-refractivity contribution in [2.75, 3.05) is 20.6 Å². The van der Waals surface area contributed by atoms with E-state index in [-0.39, 0.29) is 12.4 Å². The van der Waals surface area contributed by atoms with Gasteiger partial charge in [0, 0.05) is 6.54 Å². The van der Waals surface area contributed by atoms with Gasteiger partial charge in [-0.25, -0.2) is 0 Å². The molecule has 1 aliphatic rings. The molecule has 140 valence electrons. The van der Waals surface area contributed by atoms with Gasteiger partial charge in [0.25, 0.3) is 0 Å². The van der Waals surface area contributed by atoms with Gasteiger partial charge in [0.05, 0.1) is 0 Å². The number of aryl methyl sites for hydroxylation is 1. The molecule has 0 saturated heterocycles. The highest BCUT2D eigenvalue weighted by Crippen LogP contribution is 2.40. The Morgan fingerprint density at radius 1 is 1.08 bits per heavy atom. The molecule has 2 aromatic rings. The molecule has 0 spiro atoms. The highest BCUT2D eigenvalue weighted by Gasteiger charge is 2.22. The number of likely N-dealkylation sites (N-methyl/N-ethyl adjacent to an activating group) is 1. The summed E-state index contributed by atoms with van der Waals surface area (Å²) in [5.74, 6) is 0.905. The van der Waals surface area contributed by atoms with Crippen LogP contribution in [0.4, 0.5) is 0 Å². The van der Waals surface area contributed by atoms with Crippen molar-refractivity contribution in [2.24, 2.45) is 0 Å². The van der Waals surface area contributed by atoms with Crippen LogP contribution < -0.4 is 0 Å².